The molecule has 0 saturated heterocycles. The smallest absolute Gasteiger partial charge is 0.303 e. The van der Waals surface area contributed by atoms with Crippen molar-refractivity contribution in [2.75, 3.05) is 6.54 Å². The Morgan fingerprint density at radius 1 is 1.30 bits per heavy atom. The summed E-state index contributed by atoms with van der Waals surface area (Å²) in [5.74, 6) is -1.02. The number of amides is 1. The van der Waals surface area contributed by atoms with Crippen molar-refractivity contribution in [2.24, 2.45) is 5.41 Å². The van der Waals surface area contributed by atoms with Crippen LogP contribution in [-0.2, 0) is 4.79 Å². The molecule has 5 nitrogen and oxygen atoms in total. The summed E-state index contributed by atoms with van der Waals surface area (Å²) in [4.78, 5) is 23.0. The number of furan rings is 1. The molecule has 0 atom stereocenters. The fourth-order valence-corrected chi connectivity index (χ4v) is 2.98. The van der Waals surface area contributed by atoms with Gasteiger partial charge in [0.1, 0.15) is 0 Å². The Morgan fingerprint density at radius 2 is 2.00 bits per heavy atom. The van der Waals surface area contributed by atoms with Gasteiger partial charge in [-0.15, -0.1) is 0 Å². The summed E-state index contributed by atoms with van der Waals surface area (Å²) in [6.45, 7) is 0.358. The molecule has 0 radical (unpaired) electrons. The van der Waals surface area contributed by atoms with E-state index in [-0.39, 0.29) is 28.7 Å². The van der Waals surface area contributed by atoms with Crippen LogP contribution < -0.4 is 5.32 Å². The van der Waals surface area contributed by atoms with E-state index in [1.165, 1.54) is 12.1 Å². The van der Waals surface area contributed by atoms with Gasteiger partial charge in [0.05, 0.1) is 6.42 Å². The van der Waals surface area contributed by atoms with Gasteiger partial charge in [-0.25, -0.2) is 0 Å². The molecule has 1 saturated carbocycles. The Balaban J connectivity index is 1.97. The number of carbonyl (C=O) groups excluding carboxylic acids is 1. The second-order valence-electron chi connectivity index (χ2n) is 5.42. The maximum atomic E-state index is 11.9. The average Bonchev–Trinajstić information content (AvgIpc) is 2.83. The van der Waals surface area contributed by atoms with Crippen LogP contribution in [0.25, 0.3) is 0 Å². The Kier molecular flexibility index (Phi) is 4.70. The summed E-state index contributed by atoms with van der Waals surface area (Å²) >= 11 is 5.63. The van der Waals surface area contributed by atoms with Gasteiger partial charge in [-0.2, -0.15) is 0 Å². The number of hydrogen-bond acceptors (Lipinski definition) is 3. The highest BCUT2D eigenvalue weighted by atomic mass is 35.5. The van der Waals surface area contributed by atoms with E-state index in [9.17, 15) is 9.59 Å². The van der Waals surface area contributed by atoms with Gasteiger partial charge in [0.15, 0.2) is 11.0 Å². The minimum absolute atomic E-state index is 0.0895. The SMILES string of the molecule is O=C(O)CC1(CNC(=O)c2ccc(Cl)o2)CCCCC1. The van der Waals surface area contributed by atoms with Gasteiger partial charge in [0.25, 0.3) is 5.91 Å². The third-order valence-electron chi connectivity index (χ3n) is 3.86. The van der Waals surface area contributed by atoms with Gasteiger partial charge in [-0.1, -0.05) is 19.3 Å². The molecule has 1 aliphatic carbocycles. The van der Waals surface area contributed by atoms with Crippen LogP contribution >= 0.6 is 11.6 Å². The van der Waals surface area contributed by atoms with E-state index in [4.69, 9.17) is 21.1 Å². The molecule has 6 heteroatoms. The molecule has 0 aliphatic heterocycles. The fraction of sp³-hybridized carbons (Fsp3) is 0.571. The third kappa shape index (κ3) is 3.76. The summed E-state index contributed by atoms with van der Waals surface area (Å²) < 4.78 is 5.04. The molecule has 1 aromatic heterocycles. The number of halogens is 1. The molecule has 1 fully saturated rings. The maximum Gasteiger partial charge on any atom is 0.303 e. The molecule has 2 rings (SSSR count). The van der Waals surface area contributed by atoms with Crippen LogP contribution in [0, 0.1) is 5.41 Å². The van der Waals surface area contributed by atoms with E-state index in [2.05, 4.69) is 5.32 Å². The maximum absolute atomic E-state index is 11.9. The van der Waals surface area contributed by atoms with Crippen LogP contribution in [0.4, 0.5) is 0 Å². The lowest BCUT2D eigenvalue weighted by Gasteiger charge is -2.36. The van der Waals surface area contributed by atoms with Gasteiger partial charge >= 0.3 is 5.97 Å². The number of nitrogens with one attached hydrogen (secondary N) is 1. The monoisotopic (exact) mass is 299 g/mol. The first-order valence-corrected chi connectivity index (χ1v) is 7.14. The van der Waals surface area contributed by atoms with E-state index < -0.39 is 5.97 Å². The fourth-order valence-electron chi connectivity index (χ4n) is 2.83. The van der Waals surface area contributed by atoms with Gasteiger partial charge in [-0.05, 0) is 42.0 Å². The van der Waals surface area contributed by atoms with Crippen molar-refractivity contribution in [3.05, 3.63) is 23.1 Å². The molecule has 2 N–H and O–H groups in total. The molecule has 1 amide bonds. The molecular weight excluding hydrogens is 282 g/mol. The Morgan fingerprint density at radius 3 is 2.55 bits per heavy atom. The van der Waals surface area contributed by atoms with Crippen molar-refractivity contribution in [3.8, 4) is 0 Å². The predicted molar refractivity (Wildman–Crippen MR) is 73.8 cm³/mol. The zero-order valence-electron chi connectivity index (χ0n) is 11.2. The number of carbonyl (C=O) groups is 2. The summed E-state index contributed by atoms with van der Waals surface area (Å²) in [7, 11) is 0. The standard InChI is InChI=1S/C14H18ClNO4/c15-11-5-4-10(20-11)13(19)16-9-14(8-12(17)18)6-2-1-3-7-14/h4-5H,1-3,6-9H2,(H,16,19)(H,17,18). The Bertz CT molecular complexity index is 491. The predicted octanol–water partition coefficient (Wildman–Crippen LogP) is 3.09. The minimum Gasteiger partial charge on any atom is -0.481 e. The average molecular weight is 300 g/mol. The van der Waals surface area contributed by atoms with E-state index in [0.717, 1.165) is 32.1 Å². The second-order valence-corrected chi connectivity index (χ2v) is 5.79. The summed E-state index contributed by atoms with van der Waals surface area (Å²) in [5, 5.41) is 12.0. The lowest BCUT2D eigenvalue weighted by atomic mass is 9.71. The Hall–Kier alpha value is -1.49. The molecule has 0 bridgehead atoms. The number of hydrogen-bond donors (Lipinski definition) is 2. The first-order valence-electron chi connectivity index (χ1n) is 6.76. The van der Waals surface area contributed by atoms with E-state index in [0.29, 0.717) is 6.54 Å². The molecule has 1 aromatic rings. The van der Waals surface area contributed by atoms with Crippen molar-refractivity contribution in [2.45, 2.75) is 38.5 Å². The molecular formula is C14H18ClNO4. The van der Waals surface area contributed by atoms with Crippen molar-refractivity contribution in [3.63, 3.8) is 0 Å². The van der Waals surface area contributed by atoms with Gasteiger partial charge < -0.3 is 14.8 Å². The normalized spacial score (nSPS) is 17.6. The lowest BCUT2D eigenvalue weighted by Crippen LogP contribution is -2.40. The van der Waals surface area contributed by atoms with Crippen molar-refractivity contribution in [1.82, 2.24) is 5.32 Å². The van der Waals surface area contributed by atoms with Crippen LogP contribution in [0.15, 0.2) is 16.5 Å². The lowest BCUT2D eigenvalue weighted by molar-refractivity contribution is -0.140. The quantitative estimate of drug-likeness (QED) is 0.875. The number of rotatable bonds is 5. The highest BCUT2D eigenvalue weighted by molar-refractivity contribution is 6.29. The van der Waals surface area contributed by atoms with Crippen molar-refractivity contribution >= 4 is 23.5 Å². The third-order valence-corrected chi connectivity index (χ3v) is 4.06. The number of carboxylic acids is 1. The summed E-state index contributed by atoms with van der Waals surface area (Å²) in [6, 6.07) is 3.01. The largest absolute Gasteiger partial charge is 0.481 e. The van der Waals surface area contributed by atoms with Gasteiger partial charge in [-0.3, -0.25) is 9.59 Å². The van der Waals surface area contributed by atoms with Crippen molar-refractivity contribution in [1.29, 1.82) is 0 Å². The zero-order chi connectivity index (χ0) is 14.6. The Labute approximate surface area is 122 Å². The van der Waals surface area contributed by atoms with Crippen LogP contribution in [0.2, 0.25) is 5.22 Å². The summed E-state index contributed by atoms with van der Waals surface area (Å²) in [6.07, 6.45) is 4.90. The van der Waals surface area contributed by atoms with E-state index in [1.54, 1.807) is 0 Å². The van der Waals surface area contributed by atoms with Crippen LogP contribution in [-0.4, -0.2) is 23.5 Å². The van der Waals surface area contributed by atoms with Crippen LogP contribution in [0.1, 0.15) is 49.1 Å². The van der Waals surface area contributed by atoms with Crippen LogP contribution in [0.3, 0.4) is 0 Å². The first-order chi connectivity index (χ1) is 9.51. The zero-order valence-corrected chi connectivity index (χ0v) is 11.9. The molecule has 1 aliphatic rings. The molecule has 1 heterocycles. The molecule has 110 valence electrons. The highest BCUT2D eigenvalue weighted by Gasteiger charge is 2.35. The second kappa shape index (κ2) is 6.31. The van der Waals surface area contributed by atoms with Gasteiger partial charge in [0.2, 0.25) is 0 Å². The highest BCUT2D eigenvalue weighted by Crippen LogP contribution is 2.38. The number of aliphatic carboxylic acids is 1. The summed E-state index contributed by atoms with van der Waals surface area (Å²) in [5.41, 5.74) is -0.337. The van der Waals surface area contributed by atoms with Crippen LogP contribution in [0.5, 0.6) is 0 Å². The van der Waals surface area contributed by atoms with Crippen molar-refractivity contribution < 1.29 is 19.1 Å². The molecule has 0 unspecified atom stereocenters. The van der Waals surface area contributed by atoms with E-state index in [1.807, 2.05) is 0 Å². The minimum atomic E-state index is -0.817. The number of carboxylic acid groups (broad SMARTS) is 1. The molecule has 0 aromatic carbocycles. The molecule has 20 heavy (non-hydrogen) atoms. The van der Waals surface area contributed by atoms with Gasteiger partial charge in [0, 0.05) is 6.54 Å². The van der Waals surface area contributed by atoms with E-state index >= 15 is 0 Å². The molecule has 0 spiro atoms. The topological polar surface area (TPSA) is 79.5 Å². The first kappa shape index (κ1) is 14.9.